The summed E-state index contributed by atoms with van der Waals surface area (Å²) in [5, 5.41) is 11.7. The van der Waals surface area contributed by atoms with E-state index in [4.69, 9.17) is 22.4 Å². The summed E-state index contributed by atoms with van der Waals surface area (Å²) >= 11 is 5.67. The van der Waals surface area contributed by atoms with Gasteiger partial charge in [-0.2, -0.15) is 4.98 Å². The minimum atomic E-state index is 0.130. The molecule has 1 heterocycles. The van der Waals surface area contributed by atoms with Gasteiger partial charge in [0.1, 0.15) is 0 Å². The average Bonchev–Trinajstić information content (AvgIpc) is 2.13. The maximum Gasteiger partial charge on any atom is 0.224 e. The number of nitrogens with zero attached hydrogens (tertiary/aromatic N) is 2. The normalized spacial score (nSPS) is 10.2. The summed E-state index contributed by atoms with van der Waals surface area (Å²) < 4.78 is 0. The lowest BCUT2D eigenvalue weighted by atomic mass is 10.3. The molecule has 0 fully saturated rings. The highest BCUT2D eigenvalue weighted by molar-refractivity contribution is 6.28. The molecule has 4 N–H and O–H groups in total. The van der Waals surface area contributed by atoms with Gasteiger partial charge in [-0.1, -0.05) is 0 Å². The van der Waals surface area contributed by atoms with E-state index in [0.29, 0.717) is 30.2 Å². The largest absolute Gasteiger partial charge is 0.396 e. The standard InChI is InChI=1S/C8H13ClN4O/c1-5-6(10)7(11-3-2-4-14)13-8(9)12-5/h14H,2-4,10H2,1H3,(H,11,12,13). The molecule has 0 bridgehead atoms. The molecule has 1 rings (SSSR count). The first-order chi connectivity index (χ1) is 6.65. The van der Waals surface area contributed by atoms with Crippen molar-refractivity contribution >= 4 is 23.1 Å². The van der Waals surface area contributed by atoms with Gasteiger partial charge in [0.05, 0.1) is 11.4 Å². The van der Waals surface area contributed by atoms with Crippen molar-refractivity contribution in [1.29, 1.82) is 0 Å². The van der Waals surface area contributed by atoms with E-state index >= 15 is 0 Å². The number of rotatable bonds is 4. The van der Waals surface area contributed by atoms with Crippen molar-refractivity contribution in [2.75, 3.05) is 24.2 Å². The first-order valence-corrected chi connectivity index (χ1v) is 4.67. The molecule has 0 amide bonds. The third kappa shape index (κ3) is 2.71. The molecule has 78 valence electrons. The van der Waals surface area contributed by atoms with Gasteiger partial charge < -0.3 is 16.2 Å². The fourth-order valence-electron chi connectivity index (χ4n) is 0.968. The number of aromatic nitrogens is 2. The maximum absolute atomic E-state index is 8.59. The molecule has 1 aromatic heterocycles. The molecule has 14 heavy (non-hydrogen) atoms. The smallest absolute Gasteiger partial charge is 0.224 e. The molecule has 0 aromatic carbocycles. The van der Waals surface area contributed by atoms with Crippen LogP contribution in [0.25, 0.3) is 0 Å². The van der Waals surface area contributed by atoms with Gasteiger partial charge in [0.2, 0.25) is 5.28 Å². The van der Waals surface area contributed by atoms with Crippen molar-refractivity contribution in [3.05, 3.63) is 11.0 Å². The number of nitrogens with one attached hydrogen (secondary N) is 1. The second-order valence-electron chi connectivity index (χ2n) is 2.84. The fraction of sp³-hybridized carbons (Fsp3) is 0.500. The van der Waals surface area contributed by atoms with Crippen LogP contribution in [0.2, 0.25) is 5.28 Å². The Labute approximate surface area is 87.3 Å². The van der Waals surface area contributed by atoms with Crippen LogP contribution in [0.1, 0.15) is 12.1 Å². The van der Waals surface area contributed by atoms with Crippen LogP contribution in [0.15, 0.2) is 0 Å². The zero-order chi connectivity index (χ0) is 10.6. The molecule has 0 aliphatic heterocycles. The third-order valence-electron chi connectivity index (χ3n) is 1.74. The highest BCUT2D eigenvalue weighted by Gasteiger charge is 2.06. The average molecular weight is 217 g/mol. The molecule has 0 radical (unpaired) electrons. The van der Waals surface area contributed by atoms with Gasteiger partial charge >= 0.3 is 0 Å². The Balaban J connectivity index is 2.75. The lowest BCUT2D eigenvalue weighted by Crippen LogP contribution is -2.09. The van der Waals surface area contributed by atoms with Gasteiger partial charge in [-0.25, -0.2) is 4.98 Å². The number of anilines is 2. The molecular formula is C8H13ClN4O. The van der Waals surface area contributed by atoms with E-state index in [1.54, 1.807) is 6.92 Å². The molecular weight excluding hydrogens is 204 g/mol. The zero-order valence-electron chi connectivity index (χ0n) is 7.92. The van der Waals surface area contributed by atoms with Crippen LogP contribution in [-0.2, 0) is 0 Å². The summed E-state index contributed by atoms with van der Waals surface area (Å²) in [6.07, 6.45) is 0.639. The minimum Gasteiger partial charge on any atom is -0.396 e. The number of hydrogen-bond donors (Lipinski definition) is 3. The quantitative estimate of drug-likeness (QED) is 0.513. The predicted molar refractivity (Wildman–Crippen MR) is 56.4 cm³/mol. The maximum atomic E-state index is 8.59. The molecule has 0 saturated heterocycles. The van der Waals surface area contributed by atoms with Crippen LogP contribution in [0, 0.1) is 6.92 Å². The van der Waals surface area contributed by atoms with Crippen LogP contribution < -0.4 is 11.1 Å². The van der Waals surface area contributed by atoms with Gasteiger partial charge in [0, 0.05) is 13.2 Å². The third-order valence-corrected chi connectivity index (χ3v) is 1.91. The van der Waals surface area contributed by atoms with E-state index < -0.39 is 0 Å². The fourth-order valence-corrected chi connectivity index (χ4v) is 1.18. The van der Waals surface area contributed by atoms with Crippen molar-refractivity contribution in [1.82, 2.24) is 9.97 Å². The molecule has 0 atom stereocenters. The van der Waals surface area contributed by atoms with Crippen molar-refractivity contribution in [3.8, 4) is 0 Å². The van der Waals surface area contributed by atoms with Gasteiger partial charge in [-0.3, -0.25) is 0 Å². The minimum absolute atomic E-state index is 0.130. The summed E-state index contributed by atoms with van der Waals surface area (Å²) in [4.78, 5) is 7.84. The lowest BCUT2D eigenvalue weighted by molar-refractivity contribution is 0.292. The van der Waals surface area contributed by atoms with Crippen molar-refractivity contribution < 1.29 is 5.11 Å². The van der Waals surface area contributed by atoms with Gasteiger partial charge in [-0.15, -0.1) is 0 Å². The Hall–Kier alpha value is -1.07. The summed E-state index contributed by atoms with van der Waals surface area (Å²) in [5.41, 5.74) is 6.87. The number of halogens is 1. The van der Waals surface area contributed by atoms with Crippen LogP contribution in [0.5, 0.6) is 0 Å². The summed E-state index contributed by atoms with van der Waals surface area (Å²) in [6.45, 7) is 2.50. The SMILES string of the molecule is Cc1nc(Cl)nc(NCCCO)c1N. The molecule has 0 unspecified atom stereocenters. The summed E-state index contributed by atoms with van der Waals surface area (Å²) in [7, 11) is 0. The lowest BCUT2D eigenvalue weighted by Gasteiger charge is -2.09. The first kappa shape index (κ1) is 11.0. The Bertz CT molecular complexity index is 318. The van der Waals surface area contributed by atoms with E-state index in [-0.39, 0.29) is 11.9 Å². The number of nitrogen functional groups attached to an aromatic ring is 1. The number of aliphatic hydroxyl groups excluding tert-OH is 1. The molecule has 0 aliphatic rings. The molecule has 1 aromatic rings. The van der Waals surface area contributed by atoms with Crippen LogP contribution in [-0.4, -0.2) is 28.2 Å². The van der Waals surface area contributed by atoms with Gasteiger partial charge in [0.25, 0.3) is 0 Å². The van der Waals surface area contributed by atoms with E-state index in [2.05, 4.69) is 15.3 Å². The number of aliphatic hydroxyl groups is 1. The molecule has 0 saturated carbocycles. The number of hydrogen-bond acceptors (Lipinski definition) is 5. The molecule has 6 heteroatoms. The van der Waals surface area contributed by atoms with Gasteiger partial charge in [0.15, 0.2) is 5.82 Å². The van der Waals surface area contributed by atoms with E-state index in [0.717, 1.165) is 0 Å². The van der Waals surface area contributed by atoms with E-state index in [1.807, 2.05) is 0 Å². The van der Waals surface area contributed by atoms with Crippen molar-refractivity contribution in [2.45, 2.75) is 13.3 Å². The monoisotopic (exact) mass is 216 g/mol. The summed E-state index contributed by atoms with van der Waals surface area (Å²) in [6, 6.07) is 0. The Morgan fingerprint density at radius 3 is 2.86 bits per heavy atom. The number of aryl methyl sites for hydroxylation is 1. The van der Waals surface area contributed by atoms with Gasteiger partial charge in [-0.05, 0) is 24.9 Å². The molecule has 0 spiro atoms. The van der Waals surface area contributed by atoms with E-state index in [1.165, 1.54) is 0 Å². The second kappa shape index (κ2) is 4.97. The molecule has 0 aliphatic carbocycles. The van der Waals surface area contributed by atoms with Crippen molar-refractivity contribution in [3.63, 3.8) is 0 Å². The summed E-state index contributed by atoms with van der Waals surface area (Å²) in [5.74, 6) is 0.524. The Morgan fingerprint density at radius 1 is 1.50 bits per heavy atom. The van der Waals surface area contributed by atoms with E-state index in [9.17, 15) is 0 Å². The highest BCUT2D eigenvalue weighted by atomic mass is 35.5. The van der Waals surface area contributed by atoms with Crippen LogP contribution >= 0.6 is 11.6 Å². The van der Waals surface area contributed by atoms with Crippen LogP contribution in [0.3, 0.4) is 0 Å². The predicted octanol–water partition coefficient (Wildman–Crippen LogP) is 0.815. The Kier molecular flexibility index (Phi) is 3.91. The first-order valence-electron chi connectivity index (χ1n) is 4.29. The topological polar surface area (TPSA) is 84.1 Å². The van der Waals surface area contributed by atoms with Crippen LogP contribution in [0.4, 0.5) is 11.5 Å². The van der Waals surface area contributed by atoms with Crippen molar-refractivity contribution in [2.24, 2.45) is 0 Å². The second-order valence-corrected chi connectivity index (χ2v) is 3.18. The highest BCUT2D eigenvalue weighted by Crippen LogP contribution is 2.20. The zero-order valence-corrected chi connectivity index (χ0v) is 8.67. The Morgan fingerprint density at radius 2 is 2.21 bits per heavy atom. The number of nitrogens with two attached hydrogens (primary N) is 1. The molecule has 5 nitrogen and oxygen atoms in total.